The van der Waals surface area contributed by atoms with Crippen LogP contribution < -0.4 is 5.32 Å². The van der Waals surface area contributed by atoms with E-state index in [2.05, 4.69) is 11.4 Å². The van der Waals surface area contributed by atoms with E-state index < -0.39 is 12.8 Å². The van der Waals surface area contributed by atoms with Gasteiger partial charge in [0.15, 0.2) is 0 Å². The molecule has 5 heteroatoms. The van der Waals surface area contributed by atoms with Crippen LogP contribution in [-0.4, -0.2) is 32.0 Å². The highest BCUT2D eigenvalue weighted by Crippen LogP contribution is 2.22. The Balaban J connectivity index is 2.37. The summed E-state index contributed by atoms with van der Waals surface area (Å²) in [6, 6.07) is 0.163. The molecule has 0 fully saturated rings. The van der Waals surface area contributed by atoms with Crippen LogP contribution in [0.1, 0.15) is 45.4 Å². The first-order valence-corrected chi connectivity index (χ1v) is 7.09. The van der Waals surface area contributed by atoms with E-state index in [4.69, 9.17) is 4.74 Å². The van der Waals surface area contributed by atoms with Crippen LogP contribution in [0.15, 0.2) is 11.6 Å². The lowest BCUT2D eigenvalue weighted by Gasteiger charge is -2.21. The average molecular weight is 279 g/mol. The Bertz CT molecular complexity index is 276. The summed E-state index contributed by atoms with van der Waals surface area (Å²) in [5.74, 6) is 0. The van der Waals surface area contributed by atoms with E-state index >= 15 is 0 Å². The van der Waals surface area contributed by atoms with Gasteiger partial charge in [-0.2, -0.15) is 13.2 Å². The predicted molar refractivity (Wildman–Crippen MR) is 70.1 cm³/mol. The van der Waals surface area contributed by atoms with Crippen molar-refractivity contribution in [1.29, 1.82) is 0 Å². The zero-order valence-corrected chi connectivity index (χ0v) is 11.6. The zero-order valence-electron chi connectivity index (χ0n) is 11.6. The molecule has 1 N–H and O–H groups in total. The van der Waals surface area contributed by atoms with Crippen LogP contribution >= 0.6 is 0 Å². The molecule has 112 valence electrons. The second-order valence-electron chi connectivity index (χ2n) is 4.95. The van der Waals surface area contributed by atoms with Gasteiger partial charge in [0, 0.05) is 12.6 Å². The third kappa shape index (κ3) is 7.57. The van der Waals surface area contributed by atoms with E-state index in [-0.39, 0.29) is 12.6 Å². The fourth-order valence-corrected chi connectivity index (χ4v) is 2.41. The van der Waals surface area contributed by atoms with Gasteiger partial charge in [0.05, 0.1) is 0 Å². The maximum atomic E-state index is 12.0. The number of allylic oxidation sites excluding steroid dienone is 1. The van der Waals surface area contributed by atoms with Crippen molar-refractivity contribution in [3.8, 4) is 0 Å². The van der Waals surface area contributed by atoms with Gasteiger partial charge in [-0.3, -0.25) is 0 Å². The summed E-state index contributed by atoms with van der Waals surface area (Å²) in [5.41, 5.74) is 1.34. The summed E-state index contributed by atoms with van der Waals surface area (Å²) < 4.78 is 40.7. The van der Waals surface area contributed by atoms with Gasteiger partial charge < -0.3 is 10.1 Å². The third-order valence-corrected chi connectivity index (χ3v) is 3.29. The minimum atomic E-state index is -4.23. The number of halogens is 3. The molecule has 0 heterocycles. The molecule has 0 spiro atoms. The van der Waals surface area contributed by atoms with Crippen molar-refractivity contribution in [3.05, 3.63) is 11.6 Å². The zero-order chi connectivity index (χ0) is 14.1. The van der Waals surface area contributed by atoms with Crippen LogP contribution in [0.3, 0.4) is 0 Å². The molecule has 0 aromatic rings. The van der Waals surface area contributed by atoms with Gasteiger partial charge >= 0.3 is 6.18 Å². The Morgan fingerprint density at radius 2 is 2.11 bits per heavy atom. The van der Waals surface area contributed by atoms with Gasteiger partial charge in [0.1, 0.15) is 6.61 Å². The molecule has 1 unspecified atom stereocenters. The second kappa shape index (κ2) is 8.59. The molecule has 0 aromatic carbocycles. The first-order valence-electron chi connectivity index (χ1n) is 7.09. The van der Waals surface area contributed by atoms with Gasteiger partial charge in [-0.05, 0) is 38.6 Å². The van der Waals surface area contributed by atoms with Crippen molar-refractivity contribution in [3.63, 3.8) is 0 Å². The smallest absolute Gasteiger partial charge is 0.372 e. The van der Waals surface area contributed by atoms with Crippen molar-refractivity contribution in [1.82, 2.24) is 5.32 Å². The maximum absolute atomic E-state index is 12.0. The number of hydrogen-bond acceptors (Lipinski definition) is 2. The van der Waals surface area contributed by atoms with Crippen molar-refractivity contribution < 1.29 is 17.9 Å². The lowest BCUT2D eigenvalue weighted by molar-refractivity contribution is -0.174. The van der Waals surface area contributed by atoms with Gasteiger partial charge in [-0.1, -0.05) is 25.0 Å². The summed E-state index contributed by atoms with van der Waals surface area (Å²) in [4.78, 5) is 0. The molecule has 1 aliphatic carbocycles. The van der Waals surface area contributed by atoms with Crippen LogP contribution in [0.2, 0.25) is 0 Å². The van der Waals surface area contributed by atoms with Crippen LogP contribution in [0.4, 0.5) is 13.2 Å². The molecule has 0 aromatic heterocycles. The lowest BCUT2D eigenvalue weighted by Crippen LogP contribution is -2.32. The summed E-state index contributed by atoms with van der Waals surface area (Å²) in [6.45, 7) is 1.83. The van der Waals surface area contributed by atoms with E-state index in [1.165, 1.54) is 24.8 Å². The second-order valence-corrected chi connectivity index (χ2v) is 4.95. The van der Waals surface area contributed by atoms with E-state index in [1.54, 1.807) is 0 Å². The van der Waals surface area contributed by atoms with Crippen molar-refractivity contribution in [2.24, 2.45) is 0 Å². The fourth-order valence-electron chi connectivity index (χ4n) is 2.41. The van der Waals surface area contributed by atoms with Crippen LogP contribution in [0.25, 0.3) is 0 Å². The van der Waals surface area contributed by atoms with E-state index in [0.29, 0.717) is 6.42 Å². The van der Waals surface area contributed by atoms with Crippen molar-refractivity contribution >= 4 is 0 Å². The highest BCUT2D eigenvalue weighted by Gasteiger charge is 2.27. The number of nitrogens with one attached hydrogen (secondary N) is 1. The van der Waals surface area contributed by atoms with Crippen LogP contribution in [0, 0.1) is 0 Å². The van der Waals surface area contributed by atoms with E-state index in [0.717, 1.165) is 19.4 Å². The molecule has 1 atom stereocenters. The topological polar surface area (TPSA) is 21.3 Å². The lowest BCUT2D eigenvalue weighted by atomic mass is 9.99. The summed E-state index contributed by atoms with van der Waals surface area (Å²) >= 11 is 0. The van der Waals surface area contributed by atoms with Gasteiger partial charge in [-0.25, -0.2) is 0 Å². The van der Waals surface area contributed by atoms with Crippen LogP contribution in [-0.2, 0) is 4.74 Å². The first kappa shape index (κ1) is 16.5. The molecule has 0 radical (unpaired) electrons. The molecule has 1 aliphatic rings. The predicted octanol–water partition coefficient (Wildman–Crippen LogP) is 3.82. The summed E-state index contributed by atoms with van der Waals surface area (Å²) in [7, 11) is 0. The molecular formula is C14H24F3NO. The summed E-state index contributed by atoms with van der Waals surface area (Å²) in [6.07, 6.45) is 4.40. The fraction of sp³-hybridized carbons (Fsp3) is 0.857. The first-order chi connectivity index (χ1) is 9.03. The van der Waals surface area contributed by atoms with Crippen molar-refractivity contribution in [2.75, 3.05) is 19.8 Å². The quantitative estimate of drug-likeness (QED) is 0.565. The SMILES string of the molecule is CCNC(CCOCC(F)(F)F)C1=CCCCCC1. The molecule has 2 nitrogen and oxygen atoms in total. The highest BCUT2D eigenvalue weighted by atomic mass is 19.4. The maximum Gasteiger partial charge on any atom is 0.411 e. The monoisotopic (exact) mass is 279 g/mol. The molecule has 0 aliphatic heterocycles. The average Bonchev–Trinajstić information content (AvgIpc) is 2.60. The largest absolute Gasteiger partial charge is 0.411 e. The van der Waals surface area contributed by atoms with Crippen LogP contribution in [0.5, 0.6) is 0 Å². The molecule has 0 saturated heterocycles. The Kier molecular flexibility index (Phi) is 7.46. The van der Waals surface area contributed by atoms with Gasteiger partial charge in [0.25, 0.3) is 0 Å². The molecule has 1 rings (SSSR count). The Morgan fingerprint density at radius 1 is 1.32 bits per heavy atom. The number of ether oxygens (including phenoxy) is 1. The molecule has 0 saturated carbocycles. The number of alkyl halides is 3. The molecule has 19 heavy (non-hydrogen) atoms. The highest BCUT2D eigenvalue weighted by molar-refractivity contribution is 5.12. The molecule has 0 bridgehead atoms. The van der Waals surface area contributed by atoms with E-state index in [1.807, 2.05) is 6.92 Å². The Hall–Kier alpha value is -0.550. The van der Waals surface area contributed by atoms with Gasteiger partial charge in [0.2, 0.25) is 0 Å². The van der Waals surface area contributed by atoms with Crippen molar-refractivity contribution in [2.45, 2.75) is 57.7 Å². The summed E-state index contributed by atoms with van der Waals surface area (Å²) in [5, 5.41) is 3.35. The van der Waals surface area contributed by atoms with Gasteiger partial charge in [-0.15, -0.1) is 0 Å². The number of rotatable bonds is 7. The molecular weight excluding hydrogens is 255 g/mol. The molecule has 0 amide bonds. The normalized spacial score (nSPS) is 18.8. The third-order valence-electron chi connectivity index (χ3n) is 3.29. The minimum Gasteiger partial charge on any atom is -0.372 e. The number of likely N-dealkylation sites (N-methyl/N-ethyl adjacent to an activating group) is 1. The minimum absolute atomic E-state index is 0.147. The van der Waals surface area contributed by atoms with E-state index in [9.17, 15) is 13.2 Å². The Labute approximate surface area is 113 Å². The Morgan fingerprint density at radius 3 is 2.79 bits per heavy atom. The number of hydrogen-bond donors (Lipinski definition) is 1. The standard InChI is InChI=1S/C14H24F3NO/c1-2-18-13(9-10-19-11-14(15,16)17)12-7-5-3-4-6-8-12/h7,13,18H,2-6,8-11H2,1H3.